The van der Waals surface area contributed by atoms with Gasteiger partial charge < -0.3 is 5.11 Å². The first-order chi connectivity index (χ1) is 8.16. The number of aliphatic carboxylic acids is 1. The zero-order valence-corrected chi connectivity index (χ0v) is 9.37. The Morgan fingerprint density at radius 3 is 2.94 bits per heavy atom. The highest BCUT2D eigenvalue weighted by Crippen LogP contribution is 2.16. The van der Waals surface area contributed by atoms with E-state index >= 15 is 0 Å². The summed E-state index contributed by atoms with van der Waals surface area (Å²) in [4.78, 5) is 10.4. The molecule has 0 atom stereocenters. The van der Waals surface area contributed by atoms with Gasteiger partial charge in [-0.3, -0.25) is 0 Å². The lowest BCUT2D eigenvalue weighted by molar-refractivity contribution is -0.131. The van der Waals surface area contributed by atoms with Crippen LogP contribution in [0.3, 0.4) is 0 Å². The monoisotopic (exact) mass is 228 g/mol. The maximum atomic E-state index is 10.4. The third kappa shape index (κ3) is 2.60. The summed E-state index contributed by atoms with van der Waals surface area (Å²) in [5.74, 6) is -0.953. The van der Waals surface area contributed by atoms with E-state index in [0.717, 1.165) is 22.9 Å². The molecule has 4 nitrogen and oxygen atoms in total. The van der Waals surface area contributed by atoms with Crippen molar-refractivity contribution in [3.05, 3.63) is 53.9 Å². The van der Waals surface area contributed by atoms with E-state index in [0.29, 0.717) is 0 Å². The van der Waals surface area contributed by atoms with E-state index in [9.17, 15) is 4.79 Å². The number of hydrogen-bond acceptors (Lipinski definition) is 2. The van der Waals surface area contributed by atoms with Crippen molar-refractivity contribution in [2.24, 2.45) is 0 Å². The SMILES string of the molecule is Cc1ccc(/C=C/C(=O)O)cc1-n1cccn1. The van der Waals surface area contributed by atoms with Gasteiger partial charge in [0.1, 0.15) is 0 Å². The Morgan fingerprint density at radius 2 is 2.29 bits per heavy atom. The zero-order valence-electron chi connectivity index (χ0n) is 9.37. The van der Waals surface area contributed by atoms with E-state index in [1.165, 1.54) is 0 Å². The topological polar surface area (TPSA) is 55.1 Å². The lowest BCUT2D eigenvalue weighted by Gasteiger charge is -2.06. The molecule has 0 amide bonds. The van der Waals surface area contributed by atoms with E-state index in [2.05, 4.69) is 5.10 Å². The van der Waals surface area contributed by atoms with E-state index in [4.69, 9.17) is 5.11 Å². The first-order valence-corrected chi connectivity index (χ1v) is 5.18. The fourth-order valence-corrected chi connectivity index (χ4v) is 1.56. The Balaban J connectivity index is 2.40. The molecule has 0 aliphatic carbocycles. The number of carboxylic acids is 1. The van der Waals surface area contributed by atoms with Crippen LogP contribution in [-0.2, 0) is 4.79 Å². The molecule has 0 bridgehead atoms. The van der Waals surface area contributed by atoms with Crippen molar-refractivity contribution in [3.63, 3.8) is 0 Å². The summed E-state index contributed by atoms with van der Waals surface area (Å²) in [5.41, 5.74) is 2.87. The Labute approximate surface area is 98.8 Å². The molecule has 86 valence electrons. The third-order valence-corrected chi connectivity index (χ3v) is 2.40. The van der Waals surface area contributed by atoms with Crippen molar-refractivity contribution >= 4 is 12.0 Å². The van der Waals surface area contributed by atoms with Gasteiger partial charge in [0, 0.05) is 18.5 Å². The molecule has 0 spiro atoms. The normalized spacial score (nSPS) is 10.9. The van der Waals surface area contributed by atoms with Crippen LogP contribution in [0.4, 0.5) is 0 Å². The molecule has 1 N–H and O–H groups in total. The van der Waals surface area contributed by atoms with Gasteiger partial charge in [0.05, 0.1) is 5.69 Å². The molecule has 1 heterocycles. The molecule has 0 fully saturated rings. The predicted octanol–water partition coefficient (Wildman–Crippen LogP) is 2.28. The van der Waals surface area contributed by atoms with Crippen LogP contribution < -0.4 is 0 Å². The average Bonchev–Trinajstić information content (AvgIpc) is 2.81. The number of aromatic nitrogens is 2. The maximum Gasteiger partial charge on any atom is 0.328 e. The molecule has 4 heteroatoms. The molecular weight excluding hydrogens is 216 g/mol. The standard InChI is InChI=1S/C13H12N2O2/c1-10-3-4-11(5-6-13(16)17)9-12(10)15-8-2-7-14-15/h2-9H,1H3,(H,16,17)/b6-5+. The van der Waals surface area contributed by atoms with Gasteiger partial charge in [-0.25, -0.2) is 9.48 Å². The summed E-state index contributed by atoms with van der Waals surface area (Å²) in [6.07, 6.45) is 6.25. The zero-order chi connectivity index (χ0) is 12.3. The molecule has 2 aromatic rings. The minimum absolute atomic E-state index is 0.837. The second-order valence-corrected chi connectivity index (χ2v) is 3.67. The van der Waals surface area contributed by atoms with Crippen molar-refractivity contribution in [2.45, 2.75) is 6.92 Å². The quantitative estimate of drug-likeness (QED) is 0.820. The molecule has 2 rings (SSSR count). The molecule has 17 heavy (non-hydrogen) atoms. The number of aryl methyl sites for hydroxylation is 1. The summed E-state index contributed by atoms with van der Waals surface area (Å²) in [7, 11) is 0. The average molecular weight is 228 g/mol. The largest absolute Gasteiger partial charge is 0.478 e. The first-order valence-electron chi connectivity index (χ1n) is 5.18. The van der Waals surface area contributed by atoms with Crippen molar-refractivity contribution in [2.75, 3.05) is 0 Å². The summed E-state index contributed by atoms with van der Waals surface area (Å²) < 4.78 is 1.76. The summed E-state index contributed by atoms with van der Waals surface area (Å²) in [6.45, 7) is 1.99. The molecule has 1 aromatic heterocycles. The number of carboxylic acid groups (broad SMARTS) is 1. The number of carbonyl (C=O) groups is 1. The summed E-state index contributed by atoms with van der Waals surface area (Å²) >= 11 is 0. The van der Waals surface area contributed by atoms with Crippen molar-refractivity contribution in [1.82, 2.24) is 9.78 Å². The minimum Gasteiger partial charge on any atom is -0.478 e. The minimum atomic E-state index is -0.953. The lowest BCUT2D eigenvalue weighted by atomic mass is 10.1. The van der Waals surface area contributed by atoms with E-state index < -0.39 is 5.97 Å². The Kier molecular flexibility index (Phi) is 3.05. The molecule has 1 aromatic carbocycles. The highest BCUT2D eigenvalue weighted by Gasteiger charge is 2.01. The van der Waals surface area contributed by atoms with Crippen LogP contribution in [0.5, 0.6) is 0 Å². The van der Waals surface area contributed by atoms with Gasteiger partial charge >= 0.3 is 5.97 Å². The Bertz CT molecular complexity index is 557. The summed E-state index contributed by atoms with van der Waals surface area (Å²) in [5, 5.41) is 12.7. The van der Waals surface area contributed by atoms with Gasteiger partial charge in [0.2, 0.25) is 0 Å². The third-order valence-electron chi connectivity index (χ3n) is 2.40. The smallest absolute Gasteiger partial charge is 0.328 e. The molecule has 0 saturated heterocycles. The molecule has 0 unspecified atom stereocenters. The van der Waals surface area contributed by atoms with E-state index in [1.807, 2.05) is 37.4 Å². The predicted molar refractivity (Wildman–Crippen MR) is 65.0 cm³/mol. The maximum absolute atomic E-state index is 10.4. The van der Waals surface area contributed by atoms with E-state index in [-0.39, 0.29) is 0 Å². The first kappa shape index (κ1) is 11.1. The number of benzene rings is 1. The van der Waals surface area contributed by atoms with Gasteiger partial charge in [-0.15, -0.1) is 0 Å². The summed E-state index contributed by atoms with van der Waals surface area (Å²) in [6, 6.07) is 7.57. The van der Waals surface area contributed by atoms with Gasteiger partial charge in [-0.1, -0.05) is 12.1 Å². The van der Waals surface area contributed by atoms with Gasteiger partial charge in [-0.2, -0.15) is 5.10 Å². The van der Waals surface area contributed by atoms with Crippen LogP contribution in [0.15, 0.2) is 42.7 Å². The Hall–Kier alpha value is -2.36. The van der Waals surface area contributed by atoms with Crippen molar-refractivity contribution < 1.29 is 9.90 Å². The van der Waals surface area contributed by atoms with Crippen LogP contribution in [0.25, 0.3) is 11.8 Å². The second kappa shape index (κ2) is 4.65. The highest BCUT2D eigenvalue weighted by atomic mass is 16.4. The van der Waals surface area contributed by atoms with Crippen LogP contribution in [0, 0.1) is 6.92 Å². The number of hydrogen-bond donors (Lipinski definition) is 1. The van der Waals surface area contributed by atoms with Crippen LogP contribution >= 0.6 is 0 Å². The Morgan fingerprint density at radius 1 is 1.47 bits per heavy atom. The van der Waals surface area contributed by atoms with Crippen LogP contribution in [0.1, 0.15) is 11.1 Å². The van der Waals surface area contributed by atoms with Crippen LogP contribution in [-0.4, -0.2) is 20.9 Å². The molecule has 0 aliphatic heterocycles. The number of rotatable bonds is 3. The van der Waals surface area contributed by atoms with Gasteiger partial charge in [0.25, 0.3) is 0 Å². The fourth-order valence-electron chi connectivity index (χ4n) is 1.56. The van der Waals surface area contributed by atoms with Crippen molar-refractivity contribution in [1.29, 1.82) is 0 Å². The second-order valence-electron chi connectivity index (χ2n) is 3.67. The molecular formula is C13H12N2O2. The van der Waals surface area contributed by atoms with E-state index in [1.54, 1.807) is 17.0 Å². The molecule has 0 aliphatic rings. The van der Waals surface area contributed by atoms with Gasteiger partial charge in [0.15, 0.2) is 0 Å². The molecule has 0 saturated carbocycles. The van der Waals surface area contributed by atoms with Crippen LogP contribution in [0.2, 0.25) is 0 Å². The van der Waals surface area contributed by atoms with Gasteiger partial charge in [-0.05, 0) is 36.3 Å². The fraction of sp³-hybridized carbons (Fsp3) is 0.0769. The lowest BCUT2D eigenvalue weighted by Crippen LogP contribution is -1.97. The highest BCUT2D eigenvalue weighted by molar-refractivity contribution is 5.85. The molecule has 0 radical (unpaired) electrons. The van der Waals surface area contributed by atoms with Crippen molar-refractivity contribution in [3.8, 4) is 5.69 Å². The number of nitrogens with zero attached hydrogens (tertiary/aromatic N) is 2.